The van der Waals surface area contributed by atoms with Gasteiger partial charge in [-0.2, -0.15) is 10.2 Å². The topological polar surface area (TPSA) is 68.0 Å². The molecule has 2 aromatic rings. The minimum absolute atomic E-state index is 0.0770. The van der Waals surface area contributed by atoms with E-state index < -0.39 is 0 Å². The van der Waals surface area contributed by atoms with E-state index in [0.717, 1.165) is 43.9 Å². The molecule has 0 unspecified atom stereocenters. The average Bonchev–Trinajstić information content (AvgIpc) is 3.11. The number of hydrogen-bond acceptors (Lipinski definition) is 4. The molecule has 0 aliphatic carbocycles. The number of anilines is 2. The van der Waals surface area contributed by atoms with Crippen molar-refractivity contribution in [2.75, 3.05) is 16.8 Å². The minimum Gasteiger partial charge on any atom is -0.371 e. The summed E-state index contributed by atoms with van der Waals surface area (Å²) >= 11 is 0. The summed E-state index contributed by atoms with van der Waals surface area (Å²) in [5.41, 5.74) is 0.898. The molecular weight excluding hydrogens is 280 g/mol. The van der Waals surface area contributed by atoms with Crippen LogP contribution in [0.1, 0.15) is 26.2 Å². The Bertz CT molecular complexity index is 646. The Kier molecular flexibility index (Phi) is 4.13. The number of piperidine rings is 1. The highest BCUT2D eigenvalue weighted by Crippen LogP contribution is 2.21. The Balaban J connectivity index is 1.69. The first-order chi connectivity index (χ1) is 10.7. The van der Waals surface area contributed by atoms with Crippen LogP contribution in [0.2, 0.25) is 0 Å². The van der Waals surface area contributed by atoms with Crippen LogP contribution < -0.4 is 10.2 Å². The summed E-state index contributed by atoms with van der Waals surface area (Å²) in [5.74, 6) is 0.800. The number of nitrogens with one attached hydrogen (secondary N) is 1. The van der Waals surface area contributed by atoms with Gasteiger partial charge in [0.1, 0.15) is 6.04 Å². The number of aromatic nitrogens is 4. The van der Waals surface area contributed by atoms with E-state index in [1.807, 2.05) is 30.2 Å². The number of nitrogens with zero attached hydrogens (tertiary/aromatic N) is 5. The molecule has 1 aliphatic heterocycles. The summed E-state index contributed by atoms with van der Waals surface area (Å²) in [6.07, 6.45) is 8.43. The molecule has 7 nitrogen and oxygen atoms in total. The van der Waals surface area contributed by atoms with Crippen LogP contribution in [0.5, 0.6) is 0 Å². The molecule has 1 atom stereocenters. The Morgan fingerprint density at radius 1 is 1.45 bits per heavy atom. The molecule has 0 spiro atoms. The number of rotatable bonds is 5. The van der Waals surface area contributed by atoms with E-state index in [2.05, 4.69) is 22.4 Å². The van der Waals surface area contributed by atoms with E-state index in [-0.39, 0.29) is 11.9 Å². The maximum Gasteiger partial charge on any atom is 0.250 e. The van der Waals surface area contributed by atoms with Crippen molar-refractivity contribution in [2.45, 2.75) is 38.8 Å². The second kappa shape index (κ2) is 6.21. The van der Waals surface area contributed by atoms with Crippen LogP contribution in [0.3, 0.4) is 0 Å². The van der Waals surface area contributed by atoms with E-state index in [9.17, 15) is 4.79 Å². The zero-order chi connectivity index (χ0) is 15.5. The molecular formula is C15H22N6O. The highest BCUT2D eigenvalue weighted by molar-refractivity contribution is 5.98. The van der Waals surface area contributed by atoms with E-state index in [1.54, 1.807) is 15.8 Å². The standard InChI is InChI=1S/C15H22N6O/c1-3-7-20-11-12(10-16-20)17-13-5-4-8-21(15(13)22)14-6-9-19(2)18-14/h6,9-11,13,17H,3-5,7-8H2,1-2H3/t13-/m1/s1. The van der Waals surface area contributed by atoms with Crippen LogP contribution in [0.15, 0.2) is 24.7 Å². The summed E-state index contributed by atoms with van der Waals surface area (Å²) in [6, 6.07) is 1.66. The predicted octanol–water partition coefficient (Wildman–Crippen LogP) is 1.63. The fourth-order valence-electron chi connectivity index (χ4n) is 2.77. The van der Waals surface area contributed by atoms with Gasteiger partial charge in [-0.05, 0) is 19.3 Å². The lowest BCUT2D eigenvalue weighted by molar-refractivity contribution is -0.120. The van der Waals surface area contributed by atoms with Crippen LogP contribution in [-0.2, 0) is 18.4 Å². The lowest BCUT2D eigenvalue weighted by atomic mass is 10.0. The predicted molar refractivity (Wildman–Crippen MR) is 84.7 cm³/mol. The molecule has 0 aromatic carbocycles. The van der Waals surface area contributed by atoms with Crippen molar-refractivity contribution < 1.29 is 4.79 Å². The first-order valence-corrected chi connectivity index (χ1v) is 7.77. The second-order valence-corrected chi connectivity index (χ2v) is 5.67. The fourth-order valence-corrected chi connectivity index (χ4v) is 2.77. The summed E-state index contributed by atoms with van der Waals surface area (Å²) < 4.78 is 3.61. The molecule has 1 fully saturated rings. The number of aryl methyl sites for hydroxylation is 2. The summed E-state index contributed by atoms with van der Waals surface area (Å²) in [6.45, 7) is 3.73. The molecule has 22 heavy (non-hydrogen) atoms. The third-order valence-corrected chi connectivity index (χ3v) is 3.84. The zero-order valence-corrected chi connectivity index (χ0v) is 13.1. The Morgan fingerprint density at radius 2 is 2.32 bits per heavy atom. The molecule has 0 bridgehead atoms. The van der Waals surface area contributed by atoms with Crippen molar-refractivity contribution in [2.24, 2.45) is 7.05 Å². The molecule has 1 amide bonds. The average molecular weight is 302 g/mol. The van der Waals surface area contributed by atoms with Gasteiger partial charge in [0.05, 0.1) is 11.9 Å². The second-order valence-electron chi connectivity index (χ2n) is 5.67. The smallest absolute Gasteiger partial charge is 0.250 e. The minimum atomic E-state index is -0.213. The molecule has 1 aliphatic rings. The van der Waals surface area contributed by atoms with Crippen LogP contribution in [0.4, 0.5) is 11.5 Å². The lowest BCUT2D eigenvalue weighted by Gasteiger charge is -2.31. The van der Waals surface area contributed by atoms with Gasteiger partial charge in [0.15, 0.2) is 5.82 Å². The highest BCUT2D eigenvalue weighted by atomic mass is 16.2. The lowest BCUT2D eigenvalue weighted by Crippen LogP contribution is -2.48. The van der Waals surface area contributed by atoms with E-state index in [0.29, 0.717) is 0 Å². The van der Waals surface area contributed by atoms with Crippen molar-refractivity contribution in [3.05, 3.63) is 24.7 Å². The zero-order valence-electron chi connectivity index (χ0n) is 13.1. The third kappa shape index (κ3) is 2.98. The van der Waals surface area contributed by atoms with Gasteiger partial charge in [-0.15, -0.1) is 0 Å². The van der Waals surface area contributed by atoms with Gasteiger partial charge in [0, 0.05) is 38.6 Å². The van der Waals surface area contributed by atoms with Gasteiger partial charge in [0.25, 0.3) is 5.91 Å². The summed E-state index contributed by atoms with van der Waals surface area (Å²) in [7, 11) is 1.86. The van der Waals surface area contributed by atoms with Gasteiger partial charge in [-0.25, -0.2) is 0 Å². The first kappa shape index (κ1) is 14.6. The molecule has 0 radical (unpaired) electrons. The normalized spacial score (nSPS) is 18.7. The fraction of sp³-hybridized carbons (Fsp3) is 0.533. The molecule has 0 saturated carbocycles. The van der Waals surface area contributed by atoms with Crippen molar-refractivity contribution in [3.8, 4) is 0 Å². The van der Waals surface area contributed by atoms with E-state index in [1.165, 1.54) is 0 Å². The Hall–Kier alpha value is -2.31. The SMILES string of the molecule is CCCn1cc(N[C@@H]2CCCN(c3ccn(C)n3)C2=O)cn1. The Morgan fingerprint density at radius 3 is 3.05 bits per heavy atom. The quantitative estimate of drug-likeness (QED) is 0.911. The summed E-state index contributed by atoms with van der Waals surface area (Å²) in [5, 5.41) is 11.9. The molecule has 118 valence electrons. The maximum absolute atomic E-state index is 12.7. The van der Waals surface area contributed by atoms with Crippen molar-refractivity contribution in [1.29, 1.82) is 0 Å². The summed E-state index contributed by atoms with van der Waals surface area (Å²) in [4.78, 5) is 14.4. The van der Waals surface area contributed by atoms with Crippen molar-refractivity contribution in [1.82, 2.24) is 19.6 Å². The van der Waals surface area contributed by atoms with Gasteiger partial charge in [-0.3, -0.25) is 19.1 Å². The van der Waals surface area contributed by atoms with Crippen molar-refractivity contribution in [3.63, 3.8) is 0 Å². The van der Waals surface area contributed by atoms with Gasteiger partial charge >= 0.3 is 0 Å². The van der Waals surface area contributed by atoms with Gasteiger partial charge < -0.3 is 5.32 Å². The molecule has 1 N–H and O–H groups in total. The number of carbonyl (C=O) groups is 1. The largest absolute Gasteiger partial charge is 0.371 e. The first-order valence-electron chi connectivity index (χ1n) is 7.77. The van der Waals surface area contributed by atoms with Gasteiger partial charge in [0.2, 0.25) is 0 Å². The van der Waals surface area contributed by atoms with Crippen LogP contribution in [0, 0.1) is 0 Å². The molecule has 3 heterocycles. The van der Waals surface area contributed by atoms with Crippen LogP contribution >= 0.6 is 0 Å². The van der Waals surface area contributed by atoms with Crippen LogP contribution in [0.25, 0.3) is 0 Å². The molecule has 1 saturated heterocycles. The van der Waals surface area contributed by atoms with E-state index in [4.69, 9.17) is 0 Å². The maximum atomic E-state index is 12.7. The number of hydrogen-bond donors (Lipinski definition) is 1. The van der Waals surface area contributed by atoms with Crippen LogP contribution in [-0.4, -0.2) is 38.1 Å². The Labute approximate surface area is 129 Å². The van der Waals surface area contributed by atoms with Crippen molar-refractivity contribution >= 4 is 17.4 Å². The van der Waals surface area contributed by atoms with Gasteiger partial charge in [-0.1, -0.05) is 6.92 Å². The highest BCUT2D eigenvalue weighted by Gasteiger charge is 2.30. The molecule has 2 aromatic heterocycles. The third-order valence-electron chi connectivity index (χ3n) is 3.84. The monoisotopic (exact) mass is 302 g/mol. The molecule has 7 heteroatoms. The molecule has 3 rings (SSSR count). The van der Waals surface area contributed by atoms with E-state index >= 15 is 0 Å². The number of carbonyl (C=O) groups excluding carboxylic acids is 1. The number of amides is 1.